The van der Waals surface area contributed by atoms with Crippen LogP contribution in [0.2, 0.25) is 0 Å². The molecule has 0 radical (unpaired) electrons. The van der Waals surface area contributed by atoms with E-state index in [1.165, 1.54) is 51.6 Å². The van der Waals surface area contributed by atoms with Crippen molar-refractivity contribution in [3.05, 3.63) is 119 Å². The van der Waals surface area contributed by atoms with Gasteiger partial charge in [-0.15, -0.1) is 0 Å². The second-order valence-corrected chi connectivity index (χ2v) is 15.1. The van der Waals surface area contributed by atoms with Crippen molar-refractivity contribution in [2.75, 3.05) is 0 Å². The second-order valence-electron chi connectivity index (χ2n) is 15.1. The molecular weight excluding hydrogens is 613 g/mol. The summed E-state index contributed by atoms with van der Waals surface area (Å²) in [5.74, 6) is 4.31. The van der Waals surface area contributed by atoms with E-state index in [2.05, 4.69) is 144 Å². The Labute approximate surface area is 298 Å². The lowest BCUT2D eigenvalue weighted by molar-refractivity contribution is 0.446. The van der Waals surface area contributed by atoms with E-state index in [0.29, 0.717) is 23.7 Å². The Hall–Kier alpha value is -4.64. The predicted octanol–water partition coefficient (Wildman–Crippen LogP) is 12.5. The van der Waals surface area contributed by atoms with Crippen molar-refractivity contribution < 1.29 is 4.74 Å². The number of hydrogen-bond acceptors (Lipinski definition) is 3. The summed E-state index contributed by atoms with van der Waals surface area (Å²) < 4.78 is 11.3. The molecule has 0 spiro atoms. The number of benzene rings is 3. The van der Waals surface area contributed by atoms with Gasteiger partial charge < -0.3 is 4.74 Å². The first kappa shape index (κ1) is 33.8. The zero-order valence-electron chi connectivity index (χ0n) is 31.1. The number of para-hydroxylation sites is 1. The first-order valence-corrected chi connectivity index (χ1v) is 18.7. The Morgan fingerprint density at radius 3 is 2.38 bits per heavy atom. The summed E-state index contributed by atoms with van der Waals surface area (Å²) in [6, 6.07) is 26.1. The van der Waals surface area contributed by atoms with E-state index >= 15 is 0 Å². The third-order valence-electron chi connectivity index (χ3n) is 10.8. The number of fused-ring (bicyclic) bond motifs is 3. The van der Waals surface area contributed by atoms with Crippen molar-refractivity contribution in [1.29, 1.82) is 0 Å². The number of aromatic nitrogens is 4. The Kier molecular flexibility index (Phi) is 9.43. The van der Waals surface area contributed by atoms with Crippen molar-refractivity contribution in [3.63, 3.8) is 0 Å². The maximum Gasteiger partial charge on any atom is 0.137 e. The first-order chi connectivity index (χ1) is 24.1. The van der Waals surface area contributed by atoms with E-state index in [9.17, 15) is 0 Å². The van der Waals surface area contributed by atoms with E-state index in [1.54, 1.807) is 0 Å². The highest BCUT2D eigenvalue weighted by Crippen LogP contribution is 2.43. The Bertz CT molecular complexity index is 2200. The predicted molar refractivity (Wildman–Crippen MR) is 209 cm³/mol. The fourth-order valence-corrected chi connectivity index (χ4v) is 8.05. The number of hydrogen-bond donors (Lipinski definition) is 0. The molecule has 258 valence electrons. The highest BCUT2D eigenvalue weighted by atomic mass is 16.5. The molecule has 1 unspecified atom stereocenters. The van der Waals surface area contributed by atoms with Crippen molar-refractivity contribution in [2.45, 2.75) is 105 Å². The number of unbranched alkanes of at least 4 members (excludes halogenated alkanes) is 1. The molecule has 7 rings (SSSR count). The quantitative estimate of drug-likeness (QED) is 0.137. The molecule has 5 nitrogen and oxygen atoms in total. The molecule has 3 heterocycles. The minimum absolute atomic E-state index is 0.334. The van der Waals surface area contributed by atoms with Crippen LogP contribution >= 0.6 is 0 Å². The molecule has 0 saturated carbocycles. The molecule has 2 atom stereocenters. The van der Waals surface area contributed by atoms with Crippen LogP contribution in [0.25, 0.3) is 33.3 Å². The first-order valence-electron chi connectivity index (χ1n) is 18.7. The lowest BCUT2D eigenvalue weighted by Gasteiger charge is -2.30. The number of nitrogens with zero attached hydrogens (tertiary/aromatic N) is 4. The van der Waals surface area contributed by atoms with Gasteiger partial charge in [-0.05, 0) is 111 Å². The van der Waals surface area contributed by atoms with Crippen LogP contribution in [0.4, 0.5) is 0 Å². The molecule has 0 amide bonds. The number of ether oxygens (including phenoxy) is 1. The monoisotopic (exact) mass is 664 g/mol. The highest BCUT2D eigenvalue weighted by Gasteiger charge is 2.31. The second kappa shape index (κ2) is 13.9. The van der Waals surface area contributed by atoms with E-state index < -0.39 is 0 Å². The molecule has 5 heteroatoms. The van der Waals surface area contributed by atoms with Crippen molar-refractivity contribution in [3.8, 4) is 23.0 Å². The molecule has 6 aromatic rings. The molecule has 1 aliphatic carbocycles. The molecule has 0 saturated heterocycles. The third kappa shape index (κ3) is 6.27. The minimum atomic E-state index is 0.334. The molecule has 0 bridgehead atoms. The van der Waals surface area contributed by atoms with Gasteiger partial charge in [0.2, 0.25) is 0 Å². The van der Waals surface area contributed by atoms with Gasteiger partial charge in [0.1, 0.15) is 17.3 Å². The Balaban J connectivity index is 1.34. The van der Waals surface area contributed by atoms with Crippen LogP contribution in [-0.2, 0) is 6.42 Å². The van der Waals surface area contributed by atoms with Crippen LogP contribution in [0.3, 0.4) is 0 Å². The normalized spacial score (nSPS) is 16.6. The van der Waals surface area contributed by atoms with Gasteiger partial charge in [0.25, 0.3) is 0 Å². The van der Waals surface area contributed by atoms with Gasteiger partial charge in [0.15, 0.2) is 0 Å². The average molecular weight is 665 g/mol. The van der Waals surface area contributed by atoms with Crippen LogP contribution in [0.5, 0.6) is 11.5 Å². The number of aryl methyl sites for hydroxylation is 1. The molecule has 3 aromatic heterocycles. The molecule has 0 fully saturated rings. The summed E-state index contributed by atoms with van der Waals surface area (Å²) in [5.41, 5.74) is 11.2. The van der Waals surface area contributed by atoms with Gasteiger partial charge in [-0.1, -0.05) is 77.8 Å². The van der Waals surface area contributed by atoms with Crippen LogP contribution in [-0.4, -0.2) is 19.3 Å². The van der Waals surface area contributed by atoms with Gasteiger partial charge in [0, 0.05) is 46.3 Å². The fourth-order valence-electron chi connectivity index (χ4n) is 8.05. The zero-order valence-corrected chi connectivity index (χ0v) is 31.1. The largest absolute Gasteiger partial charge is 0.457 e. The molecule has 3 aromatic carbocycles. The summed E-state index contributed by atoms with van der Waals surface area (Å²) in [6.07, 6.45) is 10.1. The fraction of sp³-hybridized carbons (Fsp3) is 0.378. The van der Waals surface area contributed by atoms with Gasteiger partial charge in [-0.3, -0.25) is 4.57 Å². The maximum absolute atomic E-state index is 6.81. The summed E-state index contributed by atoms with van der Waals surface area (Å²) in [6.45, 7) is 18.2. The van der Waals surface area contributed by atoms with Gasteiger partial charge in [-0.2, -0.15) is 5.10 Å². The van der Waals surface area contributed by atoms with Crippen LogP contribution < -0.4 is 4.74 Å². The van der Waals surface area contributed by atoms with Crippen LogP contribution in [0.15, 0.2) is 90.6 Å². The molecule has 0 aliphatic heterocycles. The van der Waals surface area contributed by atoms with Crippen LogP contribution in [0.1, 0.15) is 120 Å². The standard InChI is InChI=1S/C45H52N4O/c1-9-10-17-41-45(44-30(6)14-13-15-31(44)7)32(8)47-49(41)35-23-34(29(4)5)24-37(26-35)50-36-19-20-39-38-16-11-12-18-40(38)48(42(39)27-36)43-25-33(28(2)3)21-22-46-43/h11-12,14,16,18-29,31,44H,9-10,13,15,17H2,1-8H3/t31?,44-/m0/s1. The Morgan fingerprint density at radius 1 is 0.840 bits per heavy atom. The van der Waals surface area contributed by atoms with Crippen molar-refractivity contribution >= 4 is 21.8 Å². The smallest absolute Gasteiger partial charge is 0.137 e. The summed E-state index contributed by atoms with van der Waals surface area (Å²) >= 11 is 0. The SMILES string of the molecule is CCCCc1c([C@H]2C(C)=CCCC2C)c(C)nn1-c1cc(Oc2ccc3c4ccccc4n(-c4cc(C(C)C)ccn4)c3c2)cc(C(C)C)c1. The third-order valence-corrected chi connectivity index (χ3v) is 10.8. The summed E-state index contributed by atoms with van der Waals surface area (Å²) in [4.78, 5) is 4.84. The van der Waals surface area contributed by atoms with Crippen molar-refractivity contribution in [1.82, 2.24) is 19.3 Å². The number of pyridine rings is 1. The summed E-state index contributed by atoms with van der Waals surface area (Å²) in [7, 11) is 0. The van der Waals surface area contributed by atoms with Gasteiger partial charge in [0.05, 0.1) is 22.4 Å². The Morgan fingerprint density at radius 2 is 1.62 bits per heavy atom. The number of rotatable bonds is 10. The minimum Gasteiger partial charge on any atom is -0.457 e. The van der Waals surface area contributed by atoms with Crippen LogP contribution in [0, 0.1) is 12.8 Å². The molecule has 1 aliphatic rings. The topological polar surface area (TPSA) is 44.9 Å². The van der Waals surface area contributed by atoms with E-state index in [4.69, 9.17) is 14.8 Å². The maximum atomic E-state index is 6.81. The van der Waals surface area contributed by atoms with E-state index in [1.807, 2.05) is 6.20 Å². The summed E-state index contributed by atoms with van der Waals surface area (Å²) in [5, 5.41) is 7.67. The molecule has 0 N–H and O–H groups in total. The lowest BCUT2D eigenvalue weighted by atomic mass is 9.75. The lowest BCUT2D eigenvalue weighted by Crippen LogP contribution is -2.17. The number of allylic oxidation sites excluding steroid dienone is 2. The molecular formula is C45H52N4O. The van der Waals surface area contributed by atoms with E-state index in [0.717, 1.165) is 59.0 Å². The average Bonchev–Trinajstić information content (AvgIpc) is 3.61. The van der Waals surface area contributed by atoms with Crippen molar-refractivity contribution in [2.24, 2.45) is 5.92 Å². The molecule has 50 heavy (non-hydrogen) atoms. The zero-order chi connectivity index (χ0) is 35.1. The van der Waals surface area contributed by atoms with Gasteiger partial charge in [-0.25, -0.2) is 9.67 Å². The van der Waals surface area contributed by atoms with E-state index in [-0.39, 0.29) is 0 Å². The van der Waals surface area contributed by atoms with Gasteiger partial charge >= 0.3 is 0 Å². The highest BCUT2D eigenvalue weighted by molar-refractivity contribution is 6.09.